The van der Waals surface area contributed by atoms with Crippen LogP contribution in [0, 0.1) is 0 Å². The Morgan fingerprint density at radius 3 is 1.64 bits per heavy atom. The summed E-state index contributed by atoms with van der Waals surface area (Å²) < 4.78 is 6.06. The summed E-state index contributed by atoms with van der Waals surface area (Å²) in [6.45, 7) is 0.560. The summed E-state index contributed by atoms with van der Waals surface area (Å²) in [4.78, 5) is 15.4. The van der Waals surface area contributed by atoms with Crippen molar-refractivity contribution >= 4 is 0 Å². The van der Waals surface area contributed by atoms with Gasteiger partial charge in [-0.25, -0.2) is 15.0 Å². The lowest BCUT2D eigenvalue weighted by molar-refractivity contribution is 0.302. The van der Waals surface area contributed by atoms with Gasteiger partial charge < -0.3 is 4.74 Å². The molecule has 0 unspecified atom stereocenters. The van der Waals surface area contributed by atoms with Crippen LogP contribution in [0.4, 0.5) is 0 Å². The van der Waals surface area contributed by atoms with Crippen LogP contribution in [0.15, 0.2) is 176 Å². The fourth-order valence-electron chi connectivity index (χ4n) is 6.80. The number of hydrogen-bond acceptors (Lipinski definition) is 4. The van der Waals surface area contributed by atoms with Crippen molar-refractivity contribution < 1.29 is 4.74 Å². The lowest BCUT2D eigenvalue weighted by Crippen LogP contribution is -2.06. The maximum absolute atomic E-state index is 6.06. The van der Waals surface area contributed by atoms with Gasteiger partial charge in [-0.2, -0.15) is 0 Å². The molecule has 50 heavy (non-hydrogen) atoms. The van der Waals surface area contributed by atoms with Crippen molar-refractivity contribution in [3.63, 3.8) is 0 Å². The van der Waals surface area contributed by atoms with E-state index in [2.05, 4.69) is 146 Å². The Morgan fingerprint density at radius 2 is 0.860 bits per heavy atom. The van der Waals surface area contributed by atoms with Gasteiger partial charge in [-0.15, -0.1) is 0 Å². The fraction of sp³-hybridized carbons (Fsp3) is 0.0217. The molecule has 0 saturated heterocycles. The minimum atomic E-state index is 0.560. The summed E-state index contributed by atoms with van der Waals surface area (Å²) in [5.41, 5.74) is 13.1. The van der Waals surface area contributed by atoms with Gasteiger partial charge in [0.1, 0.15) is 12.4 Å². The summed E-state index contributed by atoms with van der Waals surface area (Å²) >= 11 is 0. The first-order valence-electron chi connectivity index (χ1n) is 16.8. The van der Waals surface area contributed by atoms with E-state index < -0.39 is 0 Å². The minimum Gasteiger partial charge on any atom is -0.488 e. The van der Waals surface area contributed by atoms with Crippen molar-refractivity contribution in [2.24, 2.45) is 0 Å². The Morgan fingerprint density at radius 1 is 0.340 bits per heavy atom. The molecule has 9 rings (SSSR count). The number of hydrogen-bond donors (Lipinski definition) is 0. The van der Waals surface area contributed by atoms with Crippen LogP contribution < -0.4 is 4.74 Å². The molecular weight excluding hydrogens is 611 g/mol. The molecule has 7 aromatic carbocycles. The van der Waals surface area contributed by atoms with Crippen molar-refractivity contribution in [3.05, 3.63) is 181 Å². The Balaban J connectivity index is 1.17. The molecule has 1 aliphatic heterocycles. The summed E-state index contributed by atoms with van der Waals surface area (Å²) in [7, 11) is 0. The van der Waals surface area contributed by atoms with Crippen molar-refractivity contribution in [1.29, 1.82) is 0 Å². The van der Waals surface area contributed by atoms with Gasteiger partial charge in [0, 0.05) is 22.3 Å². The zero-order valence-electron chi connectivity index (χ0n) is 27.2. The SMILES string of the molecule is c1ccc(-c2cccc(-c3nc(-c4ccc(-c5cccc6c5-c5ccccc5OC6)cc4)nc(-c4ccccc4-c4ccccc4)n3)c2)cc1. The van der Waals surface area contributed by atoms with Crippen LogP contribution >= 0.6 is 0 Å². The number of nitrogens with zero attached hydrogens (tertiary/aromatic N) is 3. The molecule has 0 spiro atoms. The molecule has 0 atom stereocenters. The highest BCUT2D eigenvalue weighted by molar-refractivity contribution is 5.89. The van der Waals surface area contributed by atoms with Gasteiger partial charge in [0.25, 0.3) is 0 Å². The molecule has 0 amide bonds. The topological polar surface area (TPSA) is 47.9 Å². The molecule has 0 aliphatic carbocycles. The van der Waals surface area contributed by atoms with E-state index >= 15 is 0 Å². The molecule has 0 bridgehead atoms. The van der Waals surface area contributed by atoms with Crippen LogP contribution in [0.2, 0.25) is 0 Å². The fourth-order valence-corrected chi connectivity index (χ4v) is 6.80. The molecule has 0 radical (unpaired) electrons. The monoisotopic (exact) mass is 641 g/mol. The van der Waals surface area contributed by atoms with Gasteiger partial charge >= 0.3 is 0 Å². The van der Waals surface area contributed by atoms with E-state index in [1.54, 1.807) is 0 Å². The summed E-state index contributed by atoms with van der Waals surface area (Å²) in [6.07, 6.45) is 0. The first-order chi connectivity index (χ1) is 24.8. The maximum Gasteiger partial charge on any atom is 0.164 e. The maximum atomic E-state index is 6.06. The van der Waals surface area contributed by atoms with E-state index in [-0.39, 0.29) is 0 Å². The zero-order valence-corrected chi connectivity index (χ0v) is 27.2. The predicted octanol–water partition coefficient (Wildman–Crippen LogP) is 11.4. The van der Waals surface area contributed by atoms with Crippen LogP contribution in [0.25, 0.3) is 78.7 Å². The number of ether oxygens (including phenoxy) is 1. The van der Waals surface area contributed by atoms with Gasteiger partial charge in [0.15, 0.2) is 17.5 Å². The molecule has 0 N–H and O–H groups in total. The second kappa shape index (κ2) is 12.8. The van der Waals surface area contributed by atoms with Crippen molar-refractivity contribution in [2.75, 3.05) is 0 Å². The first kappa shape index (κ1) is 29.5. The van der Waals surface area contributed by atoms with Gasteiger partial charge in [-0.3, -0.25) is 0 Å². The normalized spacial score (nSPS) is 11.7. The minimum absolute atomic E-state index is 0.560. The molecule has 0 saturated carbocycles. The van der Waals surface area contributed by atoms with Crippen molar-refractivity contribution in [2.45, 2.75) is 6.61 Å². The highest BCUT2D eigenvalue weighted by Gasteiger charge is 2.21. The summed E-state index contributed by atoms with van der Waals surface area (Å²) in [5.74, 6) is 2.80. The van der Waals surface area contributed by atoms with E-state index in [9.17, 15) is 0 Å². The number of aromatic nitrogens is 3. The van der Waals surface area contributed by atoms with Crippen molar-refractivity contribution in [3.8, 4) is 84.4 Å². The second-order valence-corrected chi connectivity index (χ2v) is 12.4. The van der Waals surface area contributed by atoms with E-state index in [1.807, 2.05) is 30.3 Å². The highest BCUT2D eigenvalue weighted by atomic mass is 16.5. The van der Waals surface area contributed by atoms with Gasteiger partial charge in [0.2, 0.25) is 0 Å². The first-order valence-corrected chi connectivity index (χ1v) is 16.8. The third-order valence-electron chi connectivity index (χ3n) is 9.26. The molecule has 1 aromatic heterocycles. The van der Waals surface area contributed by atoms with Gasteiger partial charge in [-0.05, 0) is 56.6 Å². The lowest BCUT2D eigenvalue weighted by Gasteiger charge is -2.23. The molecular formula is C46H31N3O. The number of fused-ring (bicyclic) bond motifs is 3. The average Bonchev–Trinajstić information content (AvgIpc) is 3.21. The third-order valence-corrected chi connectivity index (χ3v) is 9.26. The zero-order chi connectivity index (χ0) is 33.3. The van der Waals surface area contributed by atoms with Crippen molar-refractivity contribution in [1.82, 2.24) is 15.0 Å². The van der Waals surface area contributed by atoms with Crippen LogP contribution in [0.1, 0.15) is 5.56 Å². The Labute approximate surface area is 291 Å². The smallest absolute Gasteiger partial charge is 0.164 e. The number of para-hydroxylation sites is 1. The Hall–Kier alpha value is -6.65. The highest BCUT2D eigenvalue weighted by Crippen LogP contribution is 2.43. The van der Waals surface area contributed by atoms with E-state index in [0.717, 1.165) is 55.8 Å². The molecule has 2 heterocycles. The lowest BCUT2D eigenvalue weighted by atomic mass is 9.89. The molecule has 1 aliphatic rings. The van der Waals surface area contributed by atoms with E-state index in [4.69, 9.17) is 19.7 Å². The van der Waals surface area contributed by atoms with Crippen LogP contribution in [0.5, 0.6) is 5.75 Å². The average molecular weight is 642 g/mol. The molecule has 236 valence electrons. The quantitative estimate of drug-likeness (QED) is 0.181. The van der Waals surface area contributed by atoms with Gasteiger partial charge in [0.05, 0.1) is 0 Å². The predicted molar refractivity (Wildman–Crippen MR) is 202 cm³/mol. The summed E-state index contributed by atoms with van der Waals surface area (Å²) in [6, 6.07) is 60.8. The van der Waals surface area contributed by atoms with Crippen LogP contribution in [-0.4, -0.2) is 15.0 Å². The Kier molecular flexibility index (Phi) is 7.52. The largest absolute Gasteiger partial charge is 0.488 e. The standard InChI is InChI=1S/C46H31N3O/c1-3-13-31(14-4-1)35-17-11-18-36(29-35)45-47-44(48-46(49-45)40-21-8-7-20-38(40)32-15-5-2-6-16-32)34-27-25-33(26-28-34)39-23-12-19-37-30-50-42-24-10-9-22-41(42)43(37)39/h1-29H,30H2. The number of benzene rings is 7. The van der Waals surface area contributed by atoms with E-state index in [1.165, 1.54) is 16.7 Å². The molecule has 4 heteroatoms. The van der Waals surface area contributed by atoms with Crippen LogP contribution in [-0.2, 0) is 6.61 Å². The van der Waals surface area contributed by atoms with Gasteiger partial charge in [-0.1, -0.05) is 164 Å². The number of rotatable bonds is 6. The molecule has 0 fully saturated rings. The summed E-state index contributed by atoms with van der Waals surface area (Å²) in [5, 5.41) is 0. The van der Waals surface area contributed by atoms with Crippen LogP contribution in [0.3, 0.4) is 0 Å². The molecule has 8 aromatic rings. The molecule has 4 nitrogen and oxygen atoms in total. The van der Waals surface area contributed by atoms with E-state index in [0.29, 0.717) is 24.1 Å². The Bertz CT molecular complexity index is 2470. The third kappa shape index (κ3) is 5.53. The second-order valence-electron chi connectivity index (χ2n) is 12.4.